The molecule has 4 rings (SSSR count). The van der Waals surface area contributed by atoms with E-state index in [4.69, 9.17) is 26.8 Å². The Balaban J connectivity index is 1.52. The maximum Gasteiger partial charge on any atom is 0.410 e. The van der Waals surface area contributed by atoms with Crippen LogP contribution in [0.4, 0.5) is 20.8 Å². The van der Waals surface area contributed by atoms with Crippen LogP contribution in [0.1, 0.15) is 33.6 Å². The summed E-state index contributed by atoms with van der Waals surface area (Å²) in [5.74, 6) is -0.488. The minimum absolute atomic E-state index is 0.0497. The number of nitrogen functional groups attached to an aromatic ring is 1. The molecule has 0 spiro atoms. The largest absolute Gasteiger partial charge is 0.444 e. The van der Waals surface area contributed by atoms with Crippen molar-refractivity contribution in [2.75, 3.05) is 24.1 Å². The smallest absolute Gasteiger partial charge is 0.410 e. The van der Waals surface area contributed by atoms with Gasteiger partial charge in [-0.15, -0.1) is 0 Å². The van der Waals surface area contributed by atoms with Crippen LogP contribution in [0.3, 0.4) is 0 Å². The molecule has 36 heavy (non-hydrogen) atoms. The van der Waals surface area contributed by atoms with Crippen molar-refractivity contribution in [2.24, 2.45) is 0 Å². The first-order chi connectivity index (χ1) is 17.1. The van der Waals surface area contributed by atoms with Crippen molar-refractivity contribution in [2.45, 2.75) is 45.3 Å². The summed E-state index contributed by atoms with van der Waals surface area (Å²) in [5.41, 5.74) is 6.04. The third-order valence-corrected chi connectivity index (χ3v) is 5.68. The highest BCUT2D eigenvalue weighted by Crippen LogP contribution is 2.37. The molecule has 1 aromatic carbocycles. The van der Waals surface area contributed by atoms with Gasteiger partial charge in [-0.05, 0) is 63.9 Å². The zero-order valence-electron chi connectivity index (χ0n) is 20.3. The number of nitrogens with two attached hydrogens (primary N) is 1. The highest BCUT2D eigenvalue weighted by atomic mass is 35.5. The fraction of sp³-hybridized carbons (Fsp3) is 0.360. The van der Waals surface area contributed by atoms with Gasteiger partial charge in [0.15, 0.2) is 11.6 Å². The molecule has 190 valence electrons. The molecule has 1 atom stereocenters. The number of nitrogens with zero attached hydrogens (tertiary/aromatic N) is 4. The van der Waals surface area contributed by atoms with Crippen molar-refractivity contribution in [1.29, 1.82) is 0 Å². The number of carbonyl (C=O) groups is 1. The molecule has 1 fully saturated rings. The summed E-state index contributed by atoms with van der Waals surface area (Å²) in [5, 5.41) is 3.37. The standard InChI is InChI=1S/C25H28ClFN6O3/c1-25(2,3)36-24(34)33-13-5-6-15(14-33)31-23-30-12-10-19(32-23)16-7-4-11-29-22(16)35-21-17(26)8-9-18(28)20(21)27/h4,7-12,15H,5-6,13-14,28H2,1-3H3,(H,30,31,32). The molecule has 0 bridgehead atoms. The van der Waals surface area contributed by atoms with Gasteiger partial charge >= 0.3 is 6.09 Å². The second-order valence-electron chi connectivity index (χ2n) is 9.41. The van der Waals surface area contributed by atoms with E-state index in [0.29, 0.717) is 30.3 Å². The summed E-state index contributed by atoms with van der Waals surface area (Å²) >= 11 is 6.13. The molecule has 9 nitrogen and oxygen atoms in total. The van der Waals surface area contributed by atoms with E-state index in [2.05, 4.69) is 20.3 Å². The highest BCUT2D eigenvalue weighted by molar-refractivity contribution is 6.32. The van der Waals surface area contributed by atoms with E-state index in [9.17, 15) is 9.18 Å². The van der Waals surface area contributed by atoms with E-state index in [1.165, 1.54) is 18.3 Å². The number of benzene rings is 1. The minimum atomic E-state index is -0.768. The number of piperidine rings is 1. The van der Waals surface area contributed by atoms with Crippen LogP contribution in [0.15, 0.2) is 42.7 Å². The minimum Gasteiger partial charge on any atom is -0.444 e. The Kier molecular flexibility index (Phi) is 7.44. The summed E-state index contributed by atoms with van der Waals surface area (Å²) in [6.07, 6.45) is 4.45. The summed E-state index contributed by atoms with van der Waals surface area (Å²) in [7, 11) is 0. The van der Waals surface area contributed by atoms with Crippen molar-refractivity contribution >= 4 is 29.3 Å². The summed E-state index contributed by atoms with van der Waals surface area (Å²) in [4.78, 5) is 27.3. The second-order valence-corrected chi connectivity index (χ2v) is 9.82. The van der Waals surface area contributed by atoms with Crippen molar-refractivity contribution in [3.63, 3.8) is 0 Å². The predicted octanol–water partition coefficient (Wildman–Crippen LogP) is 5.52. The number of carbonyl (C=O) groups excluding carboxylic acids is 1. The first-order valence-electron chi connectivity index (χ1n) is 11.5. The van der Waals surface area contributed by atoms with E-state index >= 15 is 0 Å². The van der Waals surface area contributed by atoms with Crippen molar-refractivity contribution in [3.8, 4) is 22.9 Å². The summed E-state index contributed by atoms with van der Waals surface area (Å²) < 4.78 is 25.8. The molecule has 0 radical (unpaired) electrons. The van der Waals surface area contributed by atoms with Crippen LogP contribution in [-0.4, -0.2) is 50.7 Å². The van der Waals surface area contributed by atoms with Crippen LogP contribution < -0.4 is 15.8 Å². The Labute approximate surface area is 213 Å². The Hall–Kier alpha value is -3.66. The molecule has 3 aromatic rings. The first-order valence-corrected chi connectivity index (χ1v) is 11.9. The topological polar surface area (TPSA) is 115 Å². The van der Waals surface area contributed by atoms with Gasteiger partial charge in [-0.1, -0.05) is 11.6 Å². The van der Waals surface area contributed by atoms with Gasteiger partial charge in [0.2, 0.25) is 11.8 Å². The number of hydrogen-bond donors (Lipinski definition) is 2. The molecule has 1 aliphatic heterocycles. The lowest BCUT2D eigenvalue weighted by molar-refractivity contribution is 0.0206. The molecule has 1 saturated heterocycles. The van der Waals surface area contributed by atoms with Gasteiger partial charge in [-0.2, -0.15) is 0 Å². The van der Waals surface area contributed by atoms with E-state index in [-0.39, 0.29) is 34.5 Å². The van der Waals surface area contributed by atoms with Crippen LogP contribution in [0, 0.1) is 5.82 Å². The third-order valence-electron chi connectivity index (χ3n) is 5.39. The van der Waals surface area contributed by atoms with Gasteiger partial charge in [0, 0.05) is 31.5 Å². The van der Waals surface area contributed by atoms with Gasteiger partial charge in [-0.25, -0.2) is 24.1 Å². The molecule has 1 amide bonds. The van der Waals surface area contributed by atoms with Gasteiger partial charge in [0.25, 0.3) is 0 Å². The van der Waals surface area contributed by atoms with Crippen LogP contribution in [0.2, 0.25) is 5.02 Å². The average molecular weight is 515 g/mol. The fourth-order valence-electron chi connectivity index (χ4n) is 3.75. The molecule has 1 unspecified atom stereocenters. The van der Waals surface area contributed by atoms with Crippen molar-refractivity contribution in [3.05, 3.63) is 53.6 Å². The Morgan fingerprint density at radius 1 is 1.22 bits per heavy atom. The molecular weight excluding hydrogens is 487 g/mol. The third kappa shape index (κ3) is 6.12. The number of hydrogen-bond acceptors (Lipinski definition) is 8. The van der Waals surface area contributed by atoms with Gasteiger partial charge in [0.1, 0.15) is 5.60 Å². The summed E-state index contributed by atoms with van der Waals surface area (Å²) in [6.45, 7) is 6.63. The van der Waals surface area contributed by atoms with Crippen molar-refractivity contribution in [1.82, 2.24) is 19.9 Å². The number of ether oxygens (including phenoxy) is 2. The Morgan fingerprint density at radius 3 is 2.81 bits per heavy atom. The molecule has 11 heteroatoms. The zero-order valence-corrected chi connectivity index (χ0v) is 21.1. The number of nitrogens with one attached hydrogen (secondary N) is 1. The van der Waals surface area contributed by atoms with Crippen LogP contribution in [-0.2, 0) is 4.74 Å². The molecule has 0 saturated carbocycles. The average Bonchev–Trinajstić information content (AvgIpc) is 2.84. The van der Waals surface area contributed by atoms with Crippen molar-refractivity contribution < 1.29 is 18.7 Å². The lowest BCUT2D eigenvalue weighted by atomic mass is 10.1. The number of pyridine rings is 1. The maximum atomic E-state index is 14.6. The molecular formula is C25H28ClFN6O3. The zero-order chi connectivity index (χ0) is 25.9. The molecule has 1 aliphatic rings. The molecule has 3 heterocycles. The number of amides is 1. The molecule has 0 aliphatic carbocycles. The van der Waals surface area contributed by atoms with E-state index in [0.717, 1.165) is 12.8 Å². The van der Waals surface area contributed by atoms with Crippen LogP contribution in [0.5, 0.6) is 11.6 Å². The quantitative estimate of drug-likeness (QED) is 0.428. The van der Waals surface area contributed by atoms with E-state index in [1.54, 1.807) is 29.3 Å². The SMILES string of the molecule is CC(C)(C)OC(=O)N1CCCC(Nc2nccc(-c3cccnc3Oc3c(Cl)ccc(N)c3F)n2)C1. The lowest BCUT2D eigenvalue weighted by Crippen LogP contribution is -2.47. The number of rotatable bonds is 5. The Bertz CT molecular complexity index is 1250. The van der Waals surface area contributed by atoms with E-state index < -0.39 is 11.4 Å². The van der Waals surface area contributed by atoms with Gasteiger partial charge in [-0.3, -0.25) is 0 Å². The predicted molar refractivity (Wildman–Crippen MR) is 136 cm³/mol. The maximum absolute atomic E-state index is 14.6. The fourth-order valence-corrected chi connectivity index (χ4v) is 3.94. The van der Waals surface area contributed by atoms with Gasteiger partial charge < -0.3 is 25.4 Å². The number of halogens is 2. The highest BCUT2D eigenvalue weighted by Gasteiger charge is 2.28. The van der Waals surface area contributed by atoms with Gasteiger partial charge in [0.05, 0.1) is 22.0 Å². The van der Waals surface area contributed by atoms with Crippen LogP contribution >= 0.6 is 11.6 Å². The first kappa shape index (κ1) is 25.4. The summed E-state index contributed by atoms with van der Waals surface area (Å²) in [6, 6.07) is 7.93. The monoisotopic (exact) mass is 514 g/mol. The normalized spacial score (nSPS) is 15.9. The lowest BCUT2D eigenvalue weighted by Gasteiger charge is -2.34. The molecule has 3 N–H and O–H groups in total. The Morgan fingerprint density at radius 2 is 2.03 bits per heavy atom. The number of likely N-dealkylation sites (tertiary alicyclic amines) is 1. The van der Waals surface area contributed by atoms with Crippen LogP contribution in [0.25, 0.3) is 11.3 Å². The number of aromatic nitrogens is 3. The van der Waals surface area contributed by atoms with E-state index in [1.807, 2.05) is 20.8 Å². The molecule has 2 aromatic heterocycles. The second kappa shape index (κ2) is 10.5. The number of anilines is 2.